The Morgan fingerprint density at radius 1 is 1.14 bits per heavy atom. The first kappa shape index (κ1) is 22.8. The summed E-state index contributed by atoms with van der Waals surface area (Å²) in [6, 6.07) is 15.6. The molecule has 0 fully saturated rings. The molecular weight excluding hydrogens is 454 g/mol. The van der Waals surface area contributed by atoms with E-state index in [-0.39, 0.29) is 16.9 Å². The number of anilines is 1. The minimum absolute atomic E-state index is 0.0597. The lowest BCUT2D eigenvalue weighted by Crippen LogP contribution is -2.33. The number of benzene rings is 2. The molecule has 0 spiro atoms. The van der Waals surface area contributed by atoms with Crippen molar-refractivity contribution < 1.29 is 4.79 Å². The molecule has 36 heavy (non-hydrogen) atoms. The predicted octanol–water partition coefficient (Wildman–Crippen LogP) is 3.26. The molecule has 3 N–H and O–H groups in total. The minimum Gasteiger partial charge on any atom is -0.381 e. The van der Waals surface area contributed by atoms with Crippen LogP contribution in [-0.4, -0.2) is 30.1 Å². The number of rotatable bonds is 4. The average molecular weight is 478 g/mol. The molecule has 1 amide bonds. The van der Waals surface area contributed by atoms with E-state index in [0.717, 1.165) is 0 Å². The van der Waals surface area contributed by atoms with Crippen molar-refractivity contribution >= 4 is 28.3 Å². The molecule has 3 heterocycles. The van der Waals surface area contributed by atoms with Crippen molar-refractivity contribution in [3.8, 4) is 17.5 Å². The average Bonchev–Trinajstić information content (AvgIpc) is 3.23. The number of nitrogens with two attached hydrogens (primary N) is 1. The molecule has 1 unspecified atom stereocenters. The molecule has 2 aromatic carbocycles. The summed E-state index contributed by atoms with van der Waals surface area (Å²) in [6.07, 6.45) is 3.89. The molecule has 1 atom stereocenters. The van der Waals surface area contributed by atoms with Gasteiger partial charge in [0.15, 0.2) is 11.5 Å². The second-order valence-electron chi connectivity index (χ2n) is 8.14. The van der Waals surface area contributed by atoms with E-state index in [4.69, 9.17) is 10.7 Å². The van der Waals surface area contributed by atoms with Gasteiger partial charge in [0.05, 0.1) is 22.6 Å². The van der Waals surface area contributed by atoms with Gasteiger partial charge in [0.25, 0.3) is 11.5 Å². The van der Waals surface area contributed by atoms with Crippen LogP contribution in [0.15, 0.2) is 71.8 Å². The van der Waals surface area contributed by atoms with Gasteiger partial charge in [-0.25, -0.2) is 14.5 Å². The van der Waals surface area contributed by atoms with Crippen molar-refractivity contribution in [1.29, 1.82) is 0 Å². The zero-order chi connectivity index (χ0) is 25.2. The zero-order valence-electron chi connectivity index (χ0n) is 19.8. The highest BCUT2D eigenvalue weighted by molar-refractivity contribution is 6.04. The lowest BCUT2D eigenvalue weighted by molar-refractivity contribution is 0.0940. The molecule has 0 aliphatic carbocycles. The van der Waals surface area contributed by atoms with Crippen molar-refractivity contribution in [2.24, 2.45) is 0 Å². The van der Waals surface area contributed by atoms with Gasteiger partial charge in [-0.3, -0.25) is 14.2 Å². The number of para-hydroxylation sites is 1. The van der Waals surface area contributed by atoms with Gasteiger partial charge < -0.3 is 11.1 Å². The van der Waals surface area contributed by atoms with Gasteiger partial charge in [0, 0.05) is 24.4 Å². The van der Waals surface area contributed by atoms with E-state index in [1.807, 2.05) is 49.4 Å². The summed E-state index contributed by atoms with van der Waals surface area (Å²) < 4.78 is 2.96. The van der Waals surface area contributed by atoms with Crippen LogP contribution >= 0.6 is 0 Å². The van der Waals surface area contributed by atoms with E-state index in [1.54, 1.807) is 31.5 Å². The van der Waals surface area contributed by atoms with Crippen molar-refractivity contribution in [3.63, 3.8) is 0 Å². The number of fused-ring (bicyclic) bond motifs is 2. The van der Waals surface area contributed by atoms with Gasteiger partial charge in [-0.05, 0) is 37.3 Å². The maximum Gasteiger partial charge on any atom is 0.267 e. The largest absolute Gasteiger partial charge is 0.381 e. The van der Waals surface area contributed by atoms with Gasteiger partial charge in [0.1, 0.15) is 11.4 Å². The van der Waals surface area contributed by atoms with Crippen LogP contribution in [0.1, 0.15) is 48.1 Å². The van der Waals surface area contributed by atoms with Crippen molar-refractivity contribution in [3.05, 3.63) is 94.3 Å². The number of aromatic nitrogens is 5. The van der Waals surface area contributed by atoms with E-state index in [2.05, 4.69) is 27.2 Å². The van der Waals surface area contributed by atoms with Gasteiger partial charge in [-0.2, -0.15) is 0 Å². The molecule has 0 saturated heterocycles. The van der Waals surface area contributed by atoms with Crippen LogP contribution in [0.2, 0.25) is 0 Å². The number of nitrogens with zero attached hydrogens (tertiary/aromatic N) is 5. The Labute approximate surface area is 206 Å². The maximum absolute atomic E-state index is 13.9. The topological polar surface area (TPSA) is 120 Å². The Morgan fingerprint density at radius 2 is 1.94 bits per heavy atom. The number of nitrogens with one attached hydrogen (secondary N) is 1. The standard InChI is InChI=1S/C27H23N7O2/c1-3-4-10-18-11-8-14-20-21(18)27(36)34(19-12-6-5-7-13-19)24(31-20)17(2)30-26(35)22-23(28)32-33-16-9-15-29-25(22)33/h5-9,11-17H,3H2,1-2H3,(H2,28,32)(H,30,35). The molecule has 0 aliphatic rings. The van der Waals surface area contributed by atoms with Crippen LogP contribution in [0.5, 0.6) is 0 Å². The highest BCUT2D eigenvalue weighted by Gasteiger charge is 2.24. The fourth-order valence-corrected chi connectivity index (χ4v) is 4.11. The molecular formula is C27H23N7O2. The summed E-state index contributed by atoms with van der Waals surface area (Å²) in [5, 5.41) is 7.51. The van der Waals surface area contributed by atoms with Gasteiger partial charge in [-0.1, -0.05) is 43.0 Å². The second-order valence-corrected chi connectivity index (χ2v) is 8.14. The SMILES string of the molecule is CCC#Cc1cccc2nc(C(C)NC(=O)c3c(N)nn4cccnc34)n(-c3ccccc3)c(=O)c12. The van der Waals surface area contributed by atoms with E-state index in [1.165, 1.54) is 9.08 Å². The first-order valence-corrected chi connectivity index (χ1v) is 11.5. The summed E-state index contributed by atoms with van der Waals surface area (Å²) in [4.78, 5) is 36.2. The molecule has 178 valence electrons. The van der Waals surface area contributed by atoms with Crippen molar-refractivity contribution in [2.45, 2.75) is 26.3 Å². The van der Waals surface area contributed by atoms with Crippen LogP contribution in [0.4, 0.5) is 5.82 Å². The van der Waals surface area contributed by atoms with E-state index in [9.17, 15) is 9.59 Å². The van der Waals surface area contributed by atoms with Gasteiger partial charge >= 0.3 is 0 Å². The highest BCUT2D eigenvalue weighted by Crippen LogP contribution is 2.22. The van der Waals surface area contributed by atoms with Crippen LogP contribution in [-0.2, 0) is 0 Å². The molecule has 0 bridgehead atoms. The highest BCUT2D eigenvalue weighted by atomic mass is 16.2. The fraction of sp³-hybridized carbons (Fsp3) is 0.148. The van der Waals surface area contributed by atoms with Crippen LogP contribution in [0.25, 0.3) is 22.2 Å². The molecule has 0 aliphatic heterocycles. The van der Waals surface area contributed by atoms with Crippen LogP contribution in [0.3, 0.4) is 0 Å². The lowest BCUT2D eigenvalue weighted by atomic mass is 10.1. The molecule has 9 nitrogen and oxygen atoms in total. The number of amides is 1. The van der Waals surface area contributed by atoms with E-state index < -0.39 is 11.9 Å². The summed E-state index contributed by atoms with van der Waals surface area (Å²) >= 11 is 0. The van der Waals surface area contributed by atoms with Gasteiger partial charge in [0.2, 0.25) is 0 Å². The Balaban J connectivity index is 1.66. The fourth-order valence-electron chi connectivity index (χ4n) is 4.11. The summed E-state index contributed by atoms with van der Waals surface area (Å²) in [5.74, 6) is 6.07. The first-order chi connectivity index (χ1) is 17.5. The normalized spacial score (nSPS) is 11.7. The van der Waals surface area contributed by atoms with Gasteiger partial charge in [-0.15, -0.1) is 5.10 Å². The van der Waals surface area contributed by atoms with Crippen molar-refractivity contribution in [1.82, 2.24) is 29.5 Å². The summed E-state index contributed by atoms with van der Waals surface area (Å²) in [6.45, 7) is 3.72. The second kappa shape index (κ2) is 9.35. The molecule has 0 radical (unpaired) electrons. The monoisotopic (exact) mass is 477 g/mol. The quantitative estimate of drug-likeness (QED) is 0.384. The van der Waals surface area contributed by atoms with Crippen molar-refractivity contribution in [2.75, 3.05) is 5.73 Å². The Hall–Kier alpha value is -4.97. The molecule has 3 aromatic heterocycles. The third kappa shape index (κ3) is 3.95. The predicted molar refractivity (Wildman–Crippen MR) is 138 cm³/mol. The number of hydrogen-bond donors (Lipinski definition) is 2. The Kier molecular flexibility index (Phi) is 5.92. The van der Waals surface area contributed by atoms with Crippen LogP contribution in [0, 0.1) is 11.8 Å². The Morgan fingerprint density at radius 3 is 2.72 bits per heavy atom. The summed E-state index contributed by atoms with van der Waals surface area (Å²) in [5.41, 5.74) is 8.01. The smallest absolute Gasteiger partial charge is 0.267 e. The number of nitrogen functional groups attached to an aromatic ring is 1. The number of carbonyl (C=O) groups excluding carboxylic acids is 1. The number of carbonyl (C=O) groups is 1. The molecule has 5 aromatic rings. The Bertz CT molecular complexity index is 1730. The summed E-state index contributed by atoms with van der Waals surface area (Å²) in [7, 11) is 0. The third-order valence-electron chi connectivity index (χ3n) is 5.72. The number of hydrogen-bond acceptors (Lipinski definition) is 6. The zero-order valence-corrected chi connectivity index (χ0v) is 19.8. The third-order valence-corrected chi connectivity index (χ3v) is 5.72. The maximum atomic E-state index is 13.9. The molecule has 0 saturated carbocycles. The minimum atomic E-state index is -0.654. The first-order valence-electron chi connectivity index (χ1n) is 11.5. The van der Waals surface area contributed by atoms with E-state index in [0.29, 0.717) is 40.0 Å². The lowest BCUT2D eigenvalue weighted by Gasteiger charge is -2.20. The van der Waals surface area contributed by atoms with Crippen LogP contribution < -0.4 is 16.6 Å². The van der Waals surface area contributed by atoms with E-state index >= 15 is 0 Å². The molecule has 5 rings (SSSR count). The molecule has 9 heteroatoms.